The van der Waals surface area contributed by atoms with E-state index in [9.17, 15) is 4.79 Å². The lowest BCUT2D eigenvalue weighted by atomic mass is 9.85. The van der Waals surface area contributed by atoms with Crippen LogP contribution in [-0.2, 0) is 9.53 Å². The first-order chi connectivity index (χ1) is 10.4. The van der Waals surface area contributed by atoms with Crippen molar-refractivity contribution in [3.05, 3.63) is 35.9 Å². The second kappa shape index (κ2) is 8.67. The third-order valence-corrected chi connectivity index (χ3v) is 4.00. The van der Waals surface area contributed by atoms with Gasteiger partial charge in [0, 0.05) is 6.54 Å². The number of nitrogens with two attached hydrogens (primary N) is 1. The molecule has 2 rings (SSSR count). The summed E-state index contributed by atoms with van der Waals surface area (Å²) in [6.45, 7) is 7.04. The molecule has 5 heteroatoms. The van der Waals surface area contributed by atoms with E-state index in [1.807, 2.05) is 18.2 Å². The van der Waals surface area contributed by atoms with Gasteiger partial charge < -0.3 is 15.8 Å². The summed E-state index contributed by atoms with van der Waals surface area (Å²) in [5, 5.41) is 3.17. The van der Waals surface area contributed by atoms with Crippen LogP contribution in [0.15, 0.2) is 30.3 Å². The Balaban J connectivity index is 0.00000264. The van der Waals surface area contributed by atoms with Crippen molar-refractivity contribution < 1.29 is 9.53 Å². The molecule has 1 amide bonds. The molecule has 0 aliphatic carbocycles. The fourth-order valence-electron chi connectivity index (χ4n) is 2.89. The van der Waals surface area contributed by atoms with Crippen LogP contribution in [0.4, 0.5) is 0 Å². The zero-order chi connectivity index (χ0) is 16.2. The fraction of sp³-hybridized carbons (Fsp3) is 0.611. The van der Waals surface area contributed by atoms with Gasteiger partial charge in [0.2, 0.25) is 5.91 Å². The van der Waals surface area contributed by atoms with Crippen molar-refractivity contribution in [3.63, 3.8) is 0 Å². The highest BCUT2D eigenvalue weighted by Gasteiger charge is 2.32. The lowest BCUT2D eigenvalue weighted by molar-refractivity contribution is -0.132. The number of rotatable bonds is 5. The molecule has 1 aromatic rings. The Morgan fingerprint density at radius 1 is 1.30 bits per heavy atom. The van der Waals surface area contributed by atoms with Crippen molar-refractivity contribution in [2.24, 2.45) is 11.1 Å². The Labute approximate surface area is 145 Å². The van der Waals surface area contributed by atoms with E-state index in [-0.39, 0.29) is 42.0 Å². The first-order valence-electron chi connectivity index (χ1n) is 8.10. The Morgan fingerprint density at radius 3 is 2.48 bits per heavy atom. The molecule has 1 aromatic carbocycles. The molecule has 0 saturated carbocycles. The molecular weight excluding hydrogens is 312 g/mol. The summed E-state index contributed by atoms with van der Waals surface area (Å²) in [4.78, 5) is 12.5. The van der Waals surface area contributed by atoms with Crippen molar-refractivity contribution in [2.45, 2.75) is 58.3 Å². The van der Waals surface area contributed by atoms with E-state index < -0.39 is 0 Å². The van der Waals surface area contributed by atoms with Gasteiger partial charge in [-0.15, -0.1) is 12.4 Å². The molecule has 0 bridgehead atoms. The minimum atomic E-state index is -0.361. The molecular formula is C18H29ClN2O2. The number of ether oxygens (including phenoxy) is 1. The maximum absolute atomic E-state index is 12.5. The SMILES string of the molecule is CC(C)(C)CC(NC(=O)[C@@H]1CC[C@H](CN)O1)c1ccccc1.Cl. The molecule has 3 N–H and O–H groups in total. The lowest BCUT2D eigenvalue weighted by Gasteiger charge is -2.28. The van der Waals surface area contributed by atoms with Crippen LogP contribution < -0.4 is 11.1 Å². The number of carbonyl (C=O) groups is 1. The molecule has 130 valence electrons. The number of amides is 1. The highest BCUT2D eigenvalue weighted by molar-refractivity contribution is 5.85. The Bertz CT molecular complexity index is 488. The predicted octanol–water partition coefficient (Wildman–Crippen LogP) is 3.21. The third-order valence-electron chi connectivity index (χ3n) is 4.00. The van der Waals surface area contributed by atoms with Crippen molar-refractivity contribution >= 4 is 18.3 Å². The van der Waals surface area contributed by atoms with E-state index in [0.29, 0.717) is 6.54 Å². The van der Waals surface area contributed by atoms with Gasteiger partial charge in [-0.2, -0.15) is 0 Å². The number of hydrogen-bond acceptors (Lipinski definition) is 3. The zero-order valence-corrected chi connectivity index (χ0v) is 15.1. The molecule has 1 aliphatic heterocycles. The highest BCUT2D eigenvalue weighted by Crippen LogP contribution is 2.30. The summed E-state index contributed by atoms with van der Waals surface area (Å²) in [6.07, 6.45) is 2.16. The van der Waals surface area contributed by atoms with E-state index >= 15 is 0 Å². The highest BCUT2D eigenvalue weighted by atomic mass is 35.5. The molecule has 1 aliphatic rings. The molecule has 3 atom stereocenters. The van der Waals surface area contributed by atoms with E-state index in [1.54, 1.807) is 0 Å². The first kappa shape index (κ1) is 19.9. The van der Waals surface area contributed by atoms with Crippen LogP contribution in [-0.4, -0.2) is 24.7 Å². The first-order valence-corrected chi connectivity index (χ1v) is 8.10. The van der Waals surface area contributed by atoms with Crippen LogP contribution in [0.25, 0.3) is 0 Å². The Morgan fingerprint density at radius 2 is 1.96 bits per heavy atom. The summed E-state index contributed by atoms with van der Waals surface area (Å²) < 4.78 is 5.70. The second-order valence-corrected chi connectivity index (χ2v) is 7.30. The third kappa shape index (κ3) is 6.13. The summed E-state index contributed by atoms with van der Waals surface area (Å²) in [5.41, 5.74) is 6.88. The van der Waals surface area contributed by atoms with Crippen LogP contribution in [0.3, 0.4) is 0 Å². The number of carbonyl (C=O) groups excluding carboxylic acids is 1. The van der Waals surface area contributed by atoms with Gasteiger partial charge in [0.15, 0.2) is 0 Å². The Hall–Kier alpha value is -1.10. The van der Waals surface area contributed by atoms with E-state index in [2.05, 4.69) is 38.2 Å². The molecule has 0 radical (unpaired) electrons. The quantitative estimate of drug-likeness (QED) is 0.865. The maximum Gasteiger partial charge on any atom is 0.249 e. The smallest absolute Gasteiger partial charge is 0.249 e. The average molecular weight is 341 g/mol. The van der Waals surface area contributed by atoms with Crippen molar-refractivity contribution in [2.75, 3.05) is 6.54 Å². The molecule has 4 nitrogen and oxygen atoms in total. The molecule has 1 fully saturated rings. The molecule has 23 heavy (non-hydrogen) atoms. The molecule has 1 heterocycles. The number of halogens is 1. The minimum absolute atomic E-state index is 0. The van der Waals surface area contributed by atoms with Gasteiger partial charge in [0.25, 0.3) is 0 Å². The van der Waals surface area contributed by atoms with E-state index in [4.69, 9.17) is 10.5 Å². The van der Waals surface area contributed by atoms with Crippen molar-refractivity contribution in [1.82, 2.24) is 5.32 Å². The number of benzene rings is 1. The van der Waals surface area contributed by atoms with Crippen LogP contribution in [0, 0.1) is 5.41 Å². The average Bonchev–Trinajstić information content (AvgIpc) is 2.95. The number of nitrogens with one attached hydrogen (secondary N) is 1. The largest absolute Gasteiger partial charge is 0.364 e. The van der Waals surface area contributed by atoms with Gasteiger partial charge in [0.1, 0.15) is 6.10 Å². The Kier molecular flexibility index (Phi) is 7.52. The monoisotopic (exact) mass is 340 g/mol. The van der Waals surface area contributed by atoms with Crippen LogP contribution in [0.1, 0.15) is 51.6 Å². The molecule has 0 spiro atoms. The van der Waals surface area contributed by atoms with Gasteiger partial charge >= 0.3 is 0 Å². The maximum atomic E-state index is 12.5. The van der Waals surface area contributed by atoms with Crippen LogP contribution >= 0.6 is 12.4 Å². The summed E-state index contributed by atoms with van der Waals surface area (Å²) in [7, 11) is 0. The van der Waals surface area contributed by atoms with Gasteiger partial charge in [-0.3, -0.25) is 4.79 Å². The summed E-state index contributed by atoms with van der Waals surface area (Å²) in [5.74, 6) is -0.0194. The van der Waals surface area contributed by atoms with Crippen molar-refractivity contribution in [1.29, 1.82) is 0 Å². The number of hydrogen-bond donors (Lipinski definition) is 2. The molecule has 1 saturated heterocycles. The van der Waals surface area contributed by atoms with E-state index in [1.165, 1.54) is 0 Å². The predicted molar refractivity (Wildman–Crippen MR) is 95.6 cm³/mol. The minimum Gasteiger partial charge on any atom is -0.364 e. The van der Waals surface area contributed by atoms with Gasteiger partial charge in [0.05, 0.1) is 12.1 Å². The zero-order valence-electron chi connectivity index (χ0n) is 14.2. The van der Waals surface area contributed by atoms with Crippen molar-refractivity contribution in [3.8, 4) is 0 Å². The lowest BCUT2D eigenvalue weighted by Crippen LogP contribution is -2.39. The summed E-state index contributed by atoms with van der Waals surface area (Å²) in [6, 6.07) is 10.1. The van der Waals surface area contributed by atoms with Crippen LogP contribution in [0.2, 0.25) is 0 Å². The molecule has 0 aromatic heterocycles. The van der Waals surface area contributed by atoms with Gasteiger partial charge in [-0.05, 0) is 30.2 Å². The standard InChI is InChI=1S/C18H28N2O2.ClH/c1-18(2,3)11-15(13-7-5-4-6-8-13)20-17(21)16-10-9-14(12-19)22-16;/h4-8,14-16H,9-12,19H2,1-3H3,(H,20,21);1H/t14-,15?,16+;/m1./s1. The van der Waals surface area contributed by atoms with Gasteiger partial charge in [-0.25, -0.2) is 0 Å². The fourth-order valence-corrected chi connectivity index (χ4v) is 2.89. The molecule has 1 unspecified atom stereocenters. The topological polar surface area (TPSA) is 64.4 Å². The van der Waals surface area contributed by atoms with Crippen LogP contribution in [0.5, 0.6) is 0 Å². The van der Waals surface area contributed by atoms with E-state index in [0.717, 1.165) is 24.8 Å². The normalized spacial score (nSPS) is 22.3. The second-order valence-electron chi connectivity index (χ2n) is 7.30. The van der Waals surface area contributed by atoms with Gasteiger partial charge in [-0.1, -0.05) is 51.1 Å². The summed E-state index contributed by atoms with van der Waals surface area (Å²) >= 11 is 0.